The number of hydrogen-bond donors (Lipinski definition) is 0. The summed E-state index contributed by atoms with van der Waals surface area (Å²) in [6, 6.07) is 9.52. The summed E-state index contributed by atoms with van der Waals surface area (Å²) in [6.45, 7) is 0.371. The van der Waals surface area contributed by atoms with Crippen molar-refractivity contribution in [1.29, 1.82) is 0 Å². The van der Waals surface area contributed by atoms with E-state index in [1.165, 1.54) is 22.0 Å². The molecule has 18 heavy (non-hydrogen) atoms. The molecule has 0 bridgehead atoms. The molecule has 3 aromatic rings. The second kappa shape index (κ2) is 4.58. The largest absolute Gasteiger partial charge is 0.486 e. The number of carbonyl (C=O) groups excluding carboxylic acids is 1. The summed E-state index contributed by atoms with van der Waals surface area (Å²) in [4.78, 5) is 15.5. The van der Waals surface area contributed by atoms with Crippen LogP contribution in [-0.2, 0) is 6.61 Å². The SMILES string of the molecule is O=Cc1cnc2sc(COc3ccccc3)nn12. The monoisotopic (exact) mass is 259 g/mol. The number of nitrogens with zero attached hydrogens (tertiary/aromatic N) is 3. The molecule has 5 nitrogen and oxygen atoms in total. The first-order valence-electron chi connectivity index (χ1n) is 5.33. The molecule has 6 heteroatoms. The number of ether oxygens (including phenoxy) is 1. The minimum absolute atomic E-state index is 0.371. The molecule has 2 aromatic heterocycles. The van der Waals surface area contributed by atoms with Crippen LogP contribution in [0.2, 0.25) is 0 Å². The van der Waals surface area contributed by atoms with E-state index in [0.29, 0.717) is 17.3 Å². The Morgan fingerprint density at radius 3 is 2.94 bits per heavy atom. The third kappa shape index (κ3) is 1.98. The summed E-state index contributed by atoms with van der Waals surface area (Å²) in [6.07, 6.45) is 2.25. The summed E-state index contributed by atoms with van der Waals surface area (Å²) >= 11 is 1.41. The minimum Gasteiger partial charge on any atom is -0.486 e. The molecule has 90 valence electrons. The average molecular weight is 259 g/mol. The summed E-state index contributed by atoms with van der Waals surface area (Å²) in [5.41, 5.74) is 0.451. The Morgan fingerprint density at radius 1 is 1.33 bits per heavy atom. The maximum atomic E-state index is 10.7. The number of fused-ring (bicyclic) bond motifs is 1. The first-order chi connectivity index (χ1) is 8.86. The molecule has 0 spiro atoms. The van der Waals surface area contributed by atoms with E-state index in [1.54, 1.807) is 0 Å². The third-order valence-corrected chi connectivity index (χ3v) is 3.28. The maximum absolute atomic E-state index is 10.7. The van der Waals surface area contributed by atoms with Gasteiger partial charge in [-0.2, -0.15) is 5.10 Å². The quantitative estimate of drug-likeness (QED) is 0.674. The van der Waals surface area contributed by atoms with E-state index >= 15 is 0 Å². The number of carbonyl (C=O) groups is 1. The topological polar surface area (TPSA) is 56.5 Å². The van der Waals surface area contributed by atoms with Gasteiger partial charge < -0.3 is 4.74 Å². The molecule has 0 saturated carbocycles. The zero-order valence-electron chi connectivity index (χ0n) is 9.31. The lowest BCUT2D eigenvalue weighted by molar-refractivity contribution is 0.111. The van der Waals surface area contributed by atoms with E-state index in [-0.39, 0.29) is 0 Å². The van der Waals surface area contributed by atoms with Crippen molar-refractivity contribution in [3.63, 3.8) is 0 Å². The molecule has 0 aliphatic carbocycles. The van der Waals surface area contributed by atoms with Crippen LogP contribution in [-0.4, -0.2) is 20.9 Å². The van der Waals surface area contributed by atoms with Crippen LogP contribution in [0.15, 0.2) is 36.5 Å². The zero-order chi connectivity index (χ0) is 12.4. The average Bonchev–Trinajstić information content (AvgIpc) is 2.97. The predicted molar refractivity (Wildman–Crippen MR) is 67.0 cm³/mol. The highest BCUT2D eigenvalue weighted by atomic mass is 32.1. The van der Waals surface area contributed by atoms with Crippen molar-refractivity contribution in [2.45, 2.75) is 6.61 Å². The van der Waals surface area contributed by atoms with Crippen molar-refractivity contribution in [2.24, 2.45) is 0 Å². The van der Waals surface area contributed by atoms with Gasteiger partial charge in [-0.15, -0.1) is 0 Å². The molecule has 1 aromatic carbocycles. The highest BCUT2D eigenvalue weighted by molar-refractivity contribution is 7.16. The van der Waals surface area contributed by atoms with E-state index in [2.05, 4.69) is 10.1 Å². The predicted octanol–water partition coefficient (Wildman–Crippen LogP) is 2.18. The maximum Gasteiger partial charge on any atom is 0.212 e. The molecule has 0 amide bonds. The second-order valence-electron chi connectivity index (χ2n) is 3.59. The summed E-state index contributed by atoms with van der Waals surface area (Å²) in [5, 5.41) is 5.06. The first-order valence-corrected chi connectivity index (χ1v) is 6.15. The first kappa shape index (κ1) is 10.9. The Balaban J connectivity index is 1.79. The minimum atomic E-state index is 0.371. The fourth-order valence-corrected chi connectivity index (χ4v) is 2.34. The molecule has 3 rings (SSSR count). The molecule has 0 N–H and O–H groups in total. The van der Waals surface area contributed by atoms with Crippen molar-refractivity contribution in [1.82, 2.24) is 14.6 Å². The number of aromatic nitrogens is 3. The van der Waals surface area contributed by atoms with Crippen LogP contribution in [0, 0.1) is 0 Å². The summed E-state index contributed by atoms with van der Waals surface area (Å²) in [5.74, 6) is 0.793. The number of imidazole rings is 1. The van der Waals surface area contributed by atoms with Crippen LogP contribution >= 0.6 is 11.3 Å². The van der Waals surface area contributed by atoms with Crippen molar-refractivity contribution in [3.05, 3.63) is 47.2 Å². The van der Waals surface area contributed by atoms with E-state index in [4.69, 9.17) is 4.74 Å². The Kier molecular flexibility index (Phi) is 2.77. The molecule has 0 atom stereocenters. The van der Waals surface area contributed by atoms with Gasteiger partial charge in [0.15, 0.2) is 11.3 Å². The van der Waals surface area contributed by atoms with Crippen LogP contribution in [0.4, 0.5) is 0 Å². The lowest BCUT2D eigenvalue weighted by atomic mass is 10.3. The molecule has 0 fully saturated rings. The summed E-state index contributed by atoms with van der Waals surface area (Å²) in [7, 11) is 0. The molecule has 0 saturated heterocycles. The molecule has 0 radical (unpaired) electrons. The second-order valence-corrected chi connectivity index (χ2v) is 4.63. The molecule has 0 aliphatic heterocycles. The summed E-state index contributed by atoms with van der Waals surface area (Å²) < 4.78 is 7.11. The van der Waals surface area contributed by atoms with E-state index < -0.39 is 0 Å². The molecule has 2 heterocycles. The number of rotatable bonds is 4. The van der Waals surface area contributed by atoms with Gasteiger partial charge in [-0.25, -0.2) is 9.50 Å². The van der Waals surface area contributed by atoms with Gasteiger partial charge in [0.05, 0.1) is 6.20 Å². The smallest absolute Gasteiger partial charge is 0.212 e. The molecular formula is C12H9N3O2S. The number of aldehydes is 1. The fraction of sp³-hybridized carbons (Fsp3) is 0.0833. The van der Waals surface area contributed by atoms with Crippen molar-refractivity contribution in [3.8, 4) is 5.75 Å². The van der Waals surface area contributed by atoms with Crippen molar-refractivity contribution < 1.29 is 9.53 Å². The third-order valence-electron chi connectivity index (χ3n) is 2.38. The standard InChI is InChI=1S/C12H9N3O2S/c16-7-9-6-13-12-15(9)14-11(18-12)8-17-10-4-2-1-3-5-10/h1-7H,8H2. The van der Waals surface area contributed by atoms with Gasteiger partial charge >= 0.3 is 0 Å². The van der Waals surface area contributed by atoms with E-state index in [9.17, 15) is 4.79 Å². The Labute approximate surface area is 107 Å². The van der Waals surface area contributed by atoms with Crippen LogP contribution in [0.5, 0.6) is 5.75 Å². The van der Waals surface area contributed by atoms with E-state index in [1.807, 2.05) is 30.3 Å². The Morgan fingerprint density at radius 2 is 2.17 bits per heavy atom. The Hall–Kier alpha value is -2.21. The van der Waals surface area contributed by atoms with Gasteiger partial charge in [0, 0.05) is 0 Å². The van der Waals surface area contributed by atoms with Crippen LogP contribution < -0.4 is 4.74 Å². The molecule has 0 unspecified atom stereocenters. The highest BCUT2D eigenvalue weighted by Crippen LogP contribution is 2.17. The zero-order valence-corrected chi connectivity index (χ0v) is 10.1. The van der Waals surface area contributed by atoms with Crippen LogP contribution in [0.3, 0.4) is 0 Å². The lowest BCUT2D eigenvalue weighted by Crippen LogP contribution is -1.97. The number of benzene rings is 1. The van der Waals surface area contributed by atoms with Crippen molar-refractivity contribution in [2.75, 3.05) is 0 Å². The van der Waals surface area contributed by atoms with Crippen LogP contribution in [0.25, 0.3) is 4.96 Å². The van der Waals surface area contributed by atoms with Gasteiger partial charge in [-0.05, 0) is 12.1 Å². The molecule has 0 aliphatic rings. The lowest BCUT2D eigenvalue weighted by Gasteiger charge is -2.01. The van der Waals surface area contributed by atoms with Gasteiger partial charge in [-0.1, -0.05) is 29.5 Å². The number of hydrogen-bond acceptors (Lipinski definition) is 5. The van der Waals surface area contributed by atoms with E-state index in [0.717, 1.165) is 17.0 Å². The Bertz CT molecular complexity index is 675. The molecular weight excluding hydrogens is 250 g/mol. The highest BCUT2D eigenvalue weighted by Gasteiger charge is 2.09. The fourth-order valence-electron chi connectivity index (χ4n) is 1.55. The van der Waals surface area contributed by atoms with Crippen molar-refractivity contribution >= 4 is 22.6 Å². The van der Waals surface area contributed by atoms with Crippen LogP contribution in [0.1, 0.15) is 15.5 Å². The number of para-hydroxylation sites is 1. The van der Waals surface area contributed by atoms with Gasteiger partial charge in [0.2, 0.25) is 4.96 Å². The normalized spacial score (nSPS) is 10.7. The van der Waals surface area contributed by atoms with Gasteiger partial charge in [0.25, 0.3) is 0 Å². The van der Waals surface area contributed by atoms with Gasteiger partial charge in [-0.3, -0.25) is 4.79 Å². The van der Waals surface area contributed by atoms with Gasteiger partial charge in [0.1, 0.15) is 18.1 Å².